The number of anilines is 1. The molecule has 2 heterocycles. The molecular weight excluding hydrogens is 340 g/mol. The molecule has 0 aliphatic heterocycles. The largest absolute Gasteiger partial charge is 0.361 e. The second-order valence-electron chi connectivity index (χ2n) is 6.53. The molecule has 0 unspecified atom stereocenters. The van der Waals surface area contributed by atoms with E-state index < -0.39 is 0 Å². The van der Waals surface area contributed by atoms with E-state index in [9.17, 15) is 4.79 Å². The number of carbonyl (C=O) groups is 1. The number of imidazole rings is 1. The lowest BCUT2D eigenvalue weighted by Crippen LogP contribution is -2.12. The Kier molecular flexibility index (Phi) is 4.46. The van der Waals surface area contributed by atoms with E-state index >= 15 is 0 Å². The summed E-state index contributed by atoms with van der Waals surface area (Å²) >= 11 is 0. The van der Waals surface area contributed by atoms with Crippen LogP contribution in [-0.4, -0.2) is 21.0 Å². The number of para-hydroxylation sites is 2. The number of aromatic nitrogens is 3. The molecule has 0 bridgehead atoms. The van der Waals surface area contributed by atoms with Crippen LogP contribution in [0.2, 0.25) is 0 Å². The summed E-state index contributed by atoms with van der Waals surface area (Å²) in [6.45, 7) is 3.75. The highest BCUT2D eigenvalue weighted by Crippen LogP contribution is 2.22. The standard InChI is InChI=1S/C21H20N4O2/c1-13-17(14(2)27-25-13)11-12-20(26)22-16-9-7-15(8-10-16)21-23-18-5-3-4-6-19(18)24-21/h3-10H,11-12H2,1-2H3,(H,22,26)(H,23,24). The van der Waals surface area contributed by atoms with Gasteiger partial charge in [-0.1, -0.05) is 17.3 Å². The van der Waals surface area contributed by atoms with Crippen molar-refractivity contribution in [3.63, 3.8) is 0 Å². The average Bonchev–Trinajstić information content (AvgIpc) is 3.24. The van der Waals surface area contributed by atoms with Gasteiger partial charge in [0.05, 0.1) is 16.7 Å². The van der Waals surface area contributed by atoms with Crippen LogP contribution >= 0.6 is 0 Å². The van der Waals surface area contributed by atoms with Gasteiger partial charge in [-0.05, 0) is 56.7 Å². The average molecular weight is 360 g/mol. The highest BCUT2D eigenvalue weighted by atomic mass is 16.5. The SMILES string of the molecule is Cc1noc(C)c1CCC(=O)Nc1ccc(-c2nc3ccccc3[nH]2)cc1. The lowest BCUT2D eigenvalue weighted by atomic mass is 10.1. The zero-order chi connectivity index (χ0) is 18.8. The Morgan fingerprint density at radius 1 is 1.11 bits per heavy atom. The van der Waals surface area contributed by atoms with Crippen molar-refractivity contribution < 1.29 is 9.32 Å². The number of nitrogens with one attached hydrogen (secondary N) is 2. The van der Waals surface area contributed by atoms with Crippen molar-refractivity contribution in [2.75, 3.05) is 5.32 Å². The molecule has 0 atom stereocenters. The van der Waals surface area contributed by atoms with E-state index in [2.05, 4.69) is 20.4 Å². The maximum absolute atomic E-state index is 12.2. The van der Waals surface area contributed by atoms with Gasteiger partial charge in [-0.15, -0.1) is 0 Å². The molecule has 0 saturated heterocycles. The molecule has 0 saturated carbocycles. The molecule has 6 heteroatoms. The van der Waals surface area contributed by atoms with Crippen LogP contribution in [-0.2, 0) is 11.2 Å². The summed E-state index contributed by atoms with van der Waals surface area (Å²) < 4.78 is 5.13. The molecule has 0 aliphatic rings. The van der Waals surface area contributed by atoms with Crippen LogP contribution in [0.15, 0.2) is 53.1 Å². The first-order valence-electron chi connectivity index (χ1n) is 8.87. The van der Waals surface area contributed by atoms with Gasteiger partial charge in [-0.2, -0.15) is 0 Å². The summed E-state index contributed by atoms with van der Waals surface area (Å²) in [5.74, 6) is 1.55. The molecular formula is C21H20N4O2. The predicted octanol–water partition coefficient (Wildman–Crippen LogP) is 4.41. The Balaban J connectivity index is 1.40. The van der Waals surface area contributed by atoms with Crippen LogP contribution in [0.1, 0.15) is 23.4 Å². The van der Waals surface area contributed by atoms with Gasteiger partial charge >= 0.3 is 0 Å². The molecule has 27 heavy (non-hydrogen) atoms. The smallest absolute Gasteiger partial charge is 0.224 e. The summed E-state index contributed by atoms with van der Waals surface area (Å²) in [6, 6.07) is 15.6. The van der Waals surface area contributed by atoms with Crippen molar-refractivity contribution >= 4 is 22.6 Å². The Bertz CT molecular complexity index is 1040. The second-order valence-corrected chi connectivity index (χ2v) is 6.53. The van der Waals surface area contributed by atoms with Crippen LogP contribution < -0.4 is 5.32 Å². The first kappa shape index (κ1) is 17.0. The first-order chi connectivity index (χ1) is 13.1. The van der Waals surface area contributed by atoms with Gasteiger partial charge < -0.3 is 14.8 Å². The van der Waals surface area contributed by atoms with Crippen molar-refractivity contribution in [2.24, 2.45) is 0 Å². The van der Waals surface area contributed by atoms with Gasteiger partial charge in [-0.25, -0.2) is 4.98 Å². The number of fused-ring (bicyclic) bond motifs is 1. The summed E-state index contributed by atoms with van der Waals surface area (Å²) in [5, 5.41) is 6.84. The van der Waals surface area contributed by atoms with Crippen LogP contribution in [0.5, 0.6) is 0 Å². The number of aromatic amines is 1. The molecule has 4 aromatic rings. The van der Waals surface area contributed by atoms with Crippen LogP contribution in [0.4, 0.5) is 5.69 Å². The molecule has 1 amide bonds. The van der Waals surface area contributed by atoms with E-state index in [-0.39, 0.29) is 5.91 Å². The minimum Gasteiger partial charge on any atom is -0.361 e. The maximum atomic E-state index is 12.2. The van der Waals surface area contributed by atoms with E-state index in [4.69, 9.17) is 4.52 Å². The number of aryl methyl sites for hydroxylation is 2. The Labute approximate surface area is 156 Å². The fourth-order valence-electron chi connectivity index (χ4n) is 3.12. The first-order valence-corrected chi connectivity index (χ1v) is 8.87. The number of nitrogens with zero attached hydrogens (tertiary/aromatic N) is 2. The van der Waals surface area contributed by atoms with Gasteiger partial charge in [0.1, 0.15) is 11.6 Å². The summed E-state index contributed by atoms with van der Waals surface area (Å²) in [5.41, 5.74) is 5.52. The predicted molar refractivity (Wildman–Crippen MR) is 104 cm³/mol. The minimum atomic E-state index is -0.0357. The third-order valence-corrected chi connectivity index (χ3v) is 4.61. The number of rotatable bonds is 5. The van der Waals surface area contributed by atoms with Crippen LogP contribution in [0, 0.1) is 13.8 Å². The zero-order valence-electron chi connectivity index (χ0n) is 15.2. The highest BCUT2D eigenvalue weighted by Gasteiger charge is 2.11. The summed E-state index contributed by atoms with van der Waals surface area (Å²) in [4.78, 5) is 20.1. The number of amides is 1. The fraction of sp³-hybridized carbons (Fsp3) is 0.190. The van der Waals surface area contributed by atoms with E-state index in [0.29, 0.717) is 12.8 Å². The lowest BCUT2D eigenvalue weighted by Gasteiger charge is -2.06. The monoisotopic (exact) mass is 360 g/mol. The van der Waals surface area contributed by atoms with E-state index in [1.807, 2.05) is 62.4 Å². The van der Waals surface area contributed by atoms with Crippen molar-refractivity contribution in [1.29, 1.82) is 0 Å². The van der Waals surface area contributed by atoms with E-state index in [1.165, 1.54) is 0 Å². The molecule has 0 aliphatic carbocycles. The molecule has 6 nitrogen and oxygen atoms in total. The van der Waals surface area contributed by atoms with Gasteiger partial charge in [0, 0.05) is 23.2 Å². The quantitative estimate of drug-likeness (QED) is 0.552. The molecule has 4 rings (SSSR count). The molecule has 0 radical (unpaired) electrons. The topological polar surface area (TPSA) is 83.8 Å². The maximum Gasteiger partial charge on any atom is 0.224 e. The van der Waals surface area contributed by atoms with E-state index in [1.54, 1.807) is 0 Å². The van der Waals surface area contributed by atoms with Crippen molar-refractivity contribution in [3.8, 4) is 11.4 Å². The van der Waals surface area contributed by atoms with Crippen molar-refractivity contribution in [2.45, 2.75) is 26.7 Å². The Hall–Kier alpha value is -3.41. The highest BCUT2D eigenvalue weighted by molar-refractivity contribution is 5.91. The third kappa shape index (κ3) is 3.60. The number of hydrogen-bond donors (Lipinski definition) is 2. The molecule has 136 valence electrons. The number of carbonyl (C=O) groups excluding carboxylic acids is 1. The van der Waals surface area contributed by atoms with E-state index in [0.717, 1.165) is 45.1 Å². The summed E-state index contributed by atoms with van der Waals surface area (Å²) in [6.07, 6.45) is 0.998. The molecule has 2 aromatic heterocycles. The normalized spacial score (nSPS) is 11.0. The number of benzene rings is 2. The molecule has 0 fully saturated rings. The van der Waals surface area contributed by atoms with Gasteiger partial charge in [0.15, 0.2) is 0 Å². The van der Waals surface area contributed by atoms with Crippen molar-refractivity contribution in [1.82, 2.24) is 15.1 Å². The summed E-state index contributed by atoms with van der Waals surface area (Å²) in [7, 11) is 0. The van der Waals surface area contributed by atoms with Gasteiger partial charge in [-0.3, -0.25) is 4.79 Å². The Morgan fingerprint density at radius 2 is 1.89 bits per heavy atom. The van der Waals surface area contributed by atoms with Gasteiger partial charge in [0.25, 0.3) is 0 Å². The molecule has 2 aromatic carbocycles. The lowest BCUT2D eigenvalue weighted by molar-refractivity contribution is -0.116. The minimum absolute atomic E-state index is 0.0357. The zero-order valence-corrected chi connectivity index (χ0v) is 15.2. The number of hydrogen-bond acceptors (Lipinski definition) is 4. The van der Waals surface area contributed by atoms with Crippen LogP contribution in [0.25, 0.3) is 22.4 Å². The van der Waals surface area contributed by atoms with Crippen molar-refractivity contribution in [3.05, 3.63) is 65.5 Å². The molecule has 0 spiro atoms. The number of H-pyrrole nitrogens is 1. The van der Waals surface area contributed by atoms with Gasteiger partial charge in [0.2, 0.25) is 5.91 Å². The molecule has 2 N–H and O–H groups in total. The second kappa shape index (κ2) is 7.07. The third-order valence-electron chi connectivity index (χ3n) is 4.61. The van der Waals surface area contributed by atoms with Crippen LogP contribution in [0.3, 0.4) is 0 Å². The fourth-order valence-corrected chi connectivity index (χ4v) is 3.12. The Morgan fingerprint density at radius 3 is 2.59 bits per heavy atom.